The summed E-state index contributed by atoms with van der Waals surface area (Å²) in [5.74, 6) is -1.55. The molecular weight excluding hydrogens is 466 g/mol. The molecule has 7 nitrogen and oxygen atoms in total. The van der Waals surface area contributed by atoms with Gasteiger partial charge in [-0.1, -0.05) is 34.1 Å². The molecule has 3 rings (SSSR count). The Morgan fingerprint density at radius 2 is 1.91 bits per heavy atom. The number of hydrogen-bond donors (Lipinski definition) is 2. The molecule has 2 aliphatic rings. The van der Waals surface area contributed by atoms with Gasteiger partial charge < -0.3 is 19.7 Å². The fourth-order valence-corrected chi connectivity index (χ4v) is 5.64. The van der Waals surface area contributed by atoms with Crippen LogP contribution in [0.5, 0.6) is 0 Å². The van der Waals surface area contributed by atoms with Gasteiger partial charge in [-0.25, -0.2) is 4.98 Å². The summed E-state index contributed by atoms with van der Waals surface area (Å²) in [5, 5.41) is 24.6. The van der Waals surface area contributed by atoms with Crippen molar-refractivity contribution >= 4 is 29.2 Å². The number of nitrogens with zero attached hydrogens (tertiary/aromatic N) is 1. The lowest BCUT2D eigenvalue weighted by molar-refractivity contribution is -0.154. The molecule has 0 spiro atoms. The summed E-state index contributed by atoms with van der Waals surface area (Å²) in [6.45, 7) is 12.8. The lowest BCUT2D eigenvalue weighted by Gasteiger charge is -2.34. The van der Waals surface area contributed by atoms with Crippen molar-refractivity contribution in [2.24, 2.45) is 17.3 Å². The van der Waals surface area contributed by atoms with Crippen LogP contribution >= 0.6 is 11.3 Å². The summed E-state index contributed by atoms with van der Waals surface area (Å²) in [7, 11) is 0. The van der Waals surface area contributed by atoms with E-state index in [2.05, 4.69) is 11.9 Å². The molecule has 1 unspecified atom stereocenters. The highest BCUT2D eigenvalue weighted by Gasteiger charge is 2.53. The van der Waals surface area contributed by atoms with Gasteiger partial charge in [-0.15, -0.1) is 11.3 Å². The number of cyclic esters (lactones) is 1. The van der Waals surface area contributed by atoms with Gasteiger partial charge in [-0.3, -0.25) is 9.59 Å². The predicted molar refractivity (Wildman–Crippen MR) is 136 cm³/mol. The van der Waals surface area contributed by atoms with Gasteiger partial charge in [0.05, 0.1) is 46.5 Å². The number of ketones is 1. The van der Waals surface area contributed by atoms with Gasteiger partial charge in [-0.05, 0) is 51.2 Å². The van der Waals surface area contributed by atoms with Crippen LogP contribution < -0.4 is 0 Å². The van der Waals surface area contributed by atoms with Crippen LogP contribution in [0.25, 0.3) is 6.08 Å². The van der Waals surface area contributed by atoms with Gasteiger partial charge in [0, 0.05) is 17.7 Å². The summed E-state index contributed by atoms with van der Waals surface area (Å²) in [6, 6.07) is 0. The van der Waals surface area contributed by atoms with Gasteiger partial charge in [0.15, 0.2) is 0 Å². The van der Waals surface area contributed by atoms with E-state index in [1.807, 2.05) is 32.2 Å². The van der Waals surface area contributed by atoms with Crippen LogP contribution in [0.15, 0.2) is 11.0 Å². The molecule has 1 aromatic heterocycles. The van der Waals surface area contributed by atoms with Crippen molar-refractivity contribution in [3.8, 4) is 0 Å². The number of carbonyl (C=O) groups is 2. The smallest absolute Gasteiger partial charge is 0.309 e. The monoisotopic (exact) mass is 507 g/mol. The molecule has 3 heterocycles. The van der Waals surface area contributed by atoms with E-state index in [4.69, 9.17) is 9.47 Å². The summed E-state index contributed by atoms with van der Waals surface area (Å²) in [6.07, 6.45) is 1.98. The molecule has 2 N–H and O–H groups in total. The SMILES string of the molecule is C/C(=C\c1csc(C)n1)[C@H]1C[C@@H]2O[C@]2(C)CCC[C@H](C)C(O)[C@@H](C)C(=O)C(C)(C)[C@@H](O)CC(=O)O1. The van der Waals surface area contributed by atoms with E-state index >= 15 is 0 Å². The fourth-order valence-electron chi connectivity index (χ4n) is 5.07. The maximum atomic E-state index is 13.2. The van der Waals surface area contributed by atoms with E-state index in [0.717, 1.165) is 35.5 Å². The Morgan fingerprint density at radius 1 is 1.23 bits per heavy atom. The number of thiazole rings is 1. The Balaban J connectivity index is 1.85. The van der Waals surface area contributed by atoms with E-state index in [1.54, 1.807) is 32.1 Å². The van der Waals surface area contributed by atoms with Gasteiger partial charge >= 0.3 is 5.97 Å². The highest BCUT2D eigenvalue weighted by atomic mass is 32.1. The number of hydrogen-bond acceptors (Lipinski definition) is 8. The second-order valence-corrected chi connectivity index (χ2v) is 12.3. The number of ether oxygens (including phenoxy) is 2. The molecule has 2 aliphatic heterocycles. The molecule has 0 radical (unpaired) electrons. The summed E-state index contributed by atoms with van der Waals surface area (Å²) < 4.78 is 11.9. The highest BCUT2D eigenvalue weighted by Crippen LogP contribution is 2.45. The third-order valence-corrected chi connectivity index (χ3v) is 8.72. The first-order valence-electron chi connectivity index (χ1n) is 12.6. The van der Waals surface area contributed by atoms with E-state index in [-0.39, 0.29) is 29.8 Å². The van der Waals surface area contributed by atoms with Crippen molar-refractivity contribution in [2.45, 2.75) is 111 Å². The summed E-state index contributed by atoms with van der Waals surface area (Å²) >= 11 is 1.56. The molecule has 8 heteroatoms. The largest absolute Gasteiger partial charge is 0.458 e. The van der Waals surface area contributed by atoms with Gasteiger partial charge in [0.1, 0.15) is 11.9 Å². The molecule has 0 amide bonds. The average Bonchev–Trinajstić information content (AvgIpc) is 3.22. The van der Waals surface area contributed by atoms with Crippen LogP contribution in [0, 0.1) is 24.2 Å². The lowest BCUT2D eigenvalue weighted by Crippen LogP contribution is -2.45. The highest BCUT2D eigenvalue weighted by molar-refractivity contribution is 7.09. The molecule has 196 valence electrons. The standard InChI is InChI=1S/C27H41NO6S/c1-15-9-8-10-27(7)22(34-27)12-20(16(2)11-19-14-35-18(4)28-19)33-23(30)13-21(29)26(5,6)25(32)17(3)24(15)31/h11,14-15,17,20-22,24,29,31H,8-10,12-13H2,1-7H3/b16-11+/t15-,17+,20+,21-,22-,24?,27+/m0/s1. The topological polar surface area (TPSA) is 109 Å². The zero-order valence-corrected chi connectivity index (χ0v) is 22.9. The van der Waals surface area contributed by atoms with Crippen molar-refractivity contribution in [1.29, 1.82) is 0 Å². The maximum Gasteiger partial charge on any atom is 0.309 e. The number of fused-ring (bicyclic) bond motifs is 1. The molecule has 35 heavy (non-hydrogen) atoms. The number of epoxide rings is 1. The number of rotatable bonds is 2. The molecular formula is C27H41NO6S. The number of aryl methyl sites for hydroxylation is 1. The van der Waals surface area contributed by atoms with E-state index in [9.17, 15) is 19.8 Å². The number of Topliss-reactive ketones (excluding diaryl/α,β-unsaturated/α-hetero) is 1. The van der Waals surface area contributed by atoms with E-state index in [1.165, 1.54) is 0 Å². The number of esters is 1. The van der Waals surface area contributed by atoms with Crippen molar-refractivity contribution in [1.82, 2.24) is 4.98 Å². The molecule has 0 aromatic carbocycles. The van der Waals surface area contributed by atoms with Crippen LogP contribution in [0.2, 0.25) is 0 Å². The van der Waals surface area contributed by atoms with Gasteiger partial charge in [0.2, 0.25) is 0 Å². The minimum Gasteiger partial charge on any atom is -0.458 e. The normalized spacial score (nSPS) is 37.5. The zero-order valence-electron chi connectivity index (χ0n) is 22.0. The van der Waals surface area contributed by atoms with Gasteiger partial charge in [-0.2, -0.15) is 0 Å². The predicted octanol–water partition coefficient (Wildman–Crippen LogP) is 4.48. The Bertz CT molecular complexity index is 955. The molecule has 0 bridgehead atoms. The zero-order chi connectivity index (χ0) is 26.1. The third kappa shape index (κ3) is 6.59. The number of aliphatic hydroxyl groups excluding tert-OH is 2. The van der Waals surface area contributed by atoms with E-state index in [0.29, 0.717) is 6.42 Å². The average molecular weight is 508 g/mol. The lowest BCUT2D eigenvalue weighted by atomic mass is 9.73. The first kappa shape index (κ1) is 28.0. The van der Waals surface area contributed by atoms with Crippen molar-refractivity contribution in [3.05, 3.63) is 21.7 Å². The second kappa shape index (κ2) is 10.8. The van der Waals surface area contributed by atoms with E-state index < -0.39 is 35.6 Å². The molecule has 0 aliphatic carbocycles. The molecule has 0 saturated carbocycles. The van der Waals surface area contributed by atoms with Gasteiger partial charge in [0.25, 0.3) is 0 Å². The number of aliphatic hydroxyl groups is 2. The Morgan fingerprint density at radius 3 is 2.54 bits per heavy atom. The first-order valence-corrected chi connectivity index (χ1v) is 13.5. The summed E-state index contributed by atoms with van der Waals surface area (Å²) in [5.41, 5.74) is 0.179. The van der Waals surface area contributed by atoms with Crippen molar-refractivity contribution in [2.75, 3.05) is 0 Å². The second-order valence-electron chi connectivity index (χ2n) is 11.3. The fraction of sp³-hybridized carbons (Fsp3) is 0.741. The molecule has 2 saturated heterocycles. The van der Waals surface area contributed by atoms with Crippen LogP contribution in [0.1, 0.15) is 84.3 Å². The Hall–Kier alpha value is -1.61. The van der Waals surface area contributed by atoms with Crippen molar-refractivity contribution < 1.29 is 29.3 Å². The van der Waals surface area contributed by atoms with Crippen LogP contribution in [-0.2, 0) is 19.1 Å². The Kier molecular flexibility index (Phi) is 8.62. The van der Waals surface area contributed by atoms with Crippen LogP contribution in [0.4, 0.5) is 0 Å². The summed E-state index contributed by atoms with van der Waals surface area (Å²) in [4.78, 5) is 30.6. The Labute approximate surface area is 212 Å². The molecule has 1 aromatic rings. The number of aromatic nitrogens is 1. The minimum atomic E-state index is -1.23. The number of carbonyl (C=O) groups excluding carboxylic acids is 2. The first-order chi connectivity index (χ1) is 16.2. The quantitative estimate of drug-likeness (QED) is 0.449. The minimum absolute atomic E-state index is 0.0455. The molecule has 2 fully saturated rings. The molecule has 7 atom stereocenters. The van der Waals surface area contributed by atoms with Crippen LogP contribution in [-0.4, -0.2) is 57.0 Å². The van der Waals surface area contributed by atoms with Crippen LogP contribution in [0.3, 0.4) is 0 Å². The van der Waals surface area contributed by atoms with Crippen molar-refractivity contribution in [3.63, 3.8) is 0 Å². The third-order valence-electron chi connectivity index (χ3n) is 7.93. The maximum absolute atomic E-state index is 13.2.